The predicted octanol–water partition coefficient (Wildman–Crippen LogP) is -1.96. The summed E-state index contributed by atoms with van der Waals surface area (Å²) < 4.78 is 4.83. The van der Waals surface area contributed by atoms with Gasteiger partial charge in [0.15, 0.2) is 0 Å². The minimum Gasteiger partial charge on any atom is -1.00 e. The topological polar surface area (TPSA) is 9.23 Å². The molecule has 0 aromatic rings. The van der Waals surface area contributed by atoms with Crippen LogP contribution in [-0.4, -0.2) is 13.2 Å². The fourth-order valence-electron chi connectivity index (χ4n) is 0.204. The van der Waals surface area contributed by atoms with Crippen LogP contribution in [0, 0.1) is 0 Å². The van der Waals surface area contributed by atoms with Gasteiger partial charge in [-0.15, -0.1) is 0 Å². The summed E-state index contributed by atoms with van der Waals surface area (Å²) in [6.45, 7) is 5.67. The molecule has 0 saturated carbocycles. The minimum atomic E-state index is 0. The first-order chi connectivity index (χ1) is 2.41. The molecule has 0 radical (unpaired) electrons. The molecule has 0 unspecified atom stereocenters. The third-order valence-corrected chi connectivity index (χ3v) is 0.408. The Morgan fingerprint density at radius 3 is 1.43 bits per heavy atom. The third kappa shape index (κ3) is 19.1. The Hall–Kier alpha value is 1.18. The molecule has 0 aliphatic carbocycles. The SMILES string of the molecule is CCOCC.[Au+].[Br-]. The number of ether oxygens (including phenoxy) is 1. The van der Waals surface area contributed by atoms with E-state index >= 15 is 0 Å². The summed E-state index contributed by atoms with van der Waals surface area (Å²) in [4.78, 5) is 0. The molecule has 0 aliphatic heterocycles. The van der Waals surface area contributed by atoms with Crippen molar-refractivity contribution in [1.29, 1.82) is 0 Å². The quantitative estimate of drug-likeness (QED) is 0.526. The molecule has 7 heavy (non-hydrogen) atoms. The fourth-order valence-corrected chi connectivity index (χ4v) is 0.204. The maximum absolute atomic E-state index is 4.83. The van der Waals surface area contributed by atoms with Crippen LogP contribution in [0.4, 0.5) is 0 Å². The Morgan fingerprint density at radius 2 is 1.43 bits per heavy atom. The molecular weight excluding hydrogens is 341 g/mol. The Kier molecular flexibility index (Phi) is 35.2. The molecule has 0 spiro atoms. The molecule has 0 fully saturated rings. The van der Waals surface area contributed by atoms with Gasteiger partial charge < -0.3 is 21.7 Å². The van der Waals surface area contributed by atoms with Gasteiger partial charge in [0.2, 0.25) is 0 Å². The maximum Gasteiger partial charge on any atom is 1.00 e. The van der Waals surface area contributed by atoms with E-state index in [9.17, 15) is 0 Å². The van der Waals surface area contributed by atoms with Gasteiger partial charge in [-0.1, -0.05) is 0 Å². The Balaban J connectivity index is -0.0000000800. The predicted molar refractivity (Wildman–Crippen MR) is 22.2 cm³/mol. The van der Waals surface area contributed by atoms with Crippen molar-refractivity contribution in [3.8, 4) is 0 Å². The molecule has 0 atom stereocenters. The molecule has 0 amide bonds. The second-order valence-corrected chi connectivity index (χ2v) is 0.781. The Labute approximate surface area is 71.1 Å². The van der Waals surface area contributed by atoms with Gasteiger partial charge >= 0.3 is 22.4 Å². The molecule has 0 N–H and O–H groups in total. The van der Waals surface area contributed by atoms with E-state index in [0.717, 1.165) is 13.2 Å². The molecule has 0 rings (SSSR count). The molecular formula is C4H10AuBrO. The van der Waals surface area contributed by atoms with E-state index in [4.69, 9.17) is 4.74 Å². The zero-order valence-corrected chi connectivity index (χ0v) is 8.25. The molecule has 0 aromatic heterocycles. The van der Waals surface area contributed by atoms with Crippen LogP contribution in [0.15, 0.2) is 0 Å². The summed E-state index contributed by atoms with van der Waals surface area (Å²) in [5, 5.41) is 0. The van der Waals surface area contributed by atoms with Crippen molar-refractivity contribution in [2.75, 3.05) is 13.2 Å². The molecule has 3 heteroatoms. The van der Waals surface area contributed by atoms with E-state index in [1.54, 1.807) is 0 Å². The summed E-state index contributed by atoms with van der Waals surface area (Å²) in [6.07, 6.45) is 0. The van der Waals surface area contributed by atoms with Crippen LogP contribution in [0.1, 0.15) is 13.8 Å². The smallest absolute Gasteiger partial charge is 1.00 e. The van der Waals surface area contributed by atoms with Crippen molar-refractivity contribution < 1.29 is 44.1 Å². The monoisotopic (exact) mass is 350 g/mol. The van der Waals surface area contributed by atoms with Gasteiger partial charge in [0.1, 0.15) is 0 Å². The Morgan fingerprint density at radius 1 is 1.14 bits per heavy atom. The van der Waals surface area contributed by atoms with Crippen molar-refractivity contribution in [2.45, 2.75) is 13.8 Å². The zero-order valence-electron chi connectivity index (χ0n) is 4.50. The fraction of sp³-hybridized carbons (Fsp3) is 1.00. The van der Waals surface area contributed by atoms with E-state index in [1.165, 1.54) is 0 Å². The van der Waals surface area contributed by atoms with Gasteiger partial charge in [-0.05, 0) is 13.8 Å². The van der Waals surface area contributed by atoms with Gasteiger partial charge in [-0.25, -0.2) is 0 Å². The second-order valence-electron chi connectivity index (χ2n) is 0.781. The summed E-state index contributed by atoms with van der Waals surface area (Å²) in [7, 11) is 0. The van der Waals surface area contributed by atoms with Crippen LogP contribution in [0.2, 0.25) is 0 Å². The van der Waals surface area contributed by atoms with Gasteiger partial charge in [-0.3, -0.25) is 0 Å². The minimum absolute atomic E-state index is 0. The largest absolute Gasteiger partial charge is 1.00 e. The first-order valence-corrected chi connectivity index (χ1v) is 1.99. The van der Waals surface area contributed by atoms with E-state index in [0.29, 0.717) is 0 Å². The average Bonchev–Trinajstić information content (AvgIpc) is 1.41. The standard InChI is InChI=1S/C4H10O.Au.BrH/c1-3-5-4-2;;/h3-4H2,1-2H3;;1H/q;+1;/p-1. The average molecular weight is 351 g/mol. The number of halogens is 1. The molecule has 0 aromatic carbocycles. The van der Waals surface area contributed by atoms with Crippen LogP contribution >= 0.6 is 0 Å². The molecule has 0 saturated heterocycles. The van der Waals surface area contributed by atoms with Gasteiger partial charge in [0, 0.05) is 13.2 Å². The first-order valence-electron chi connectivity index (χ1n) is 1.99. The molecule has 1 nitrogen and oxygen atoms in total. The van der Waals surface area contributed by atoms with Gasteiger partial charge in [0.25, 0.3) is 0 Å². The van der Waals surface area contributed by atoms with Crippen LogP contribution in [0.5, 0.6) is 0 Å². The van der Waals surface area contributed by atoms with Crippen LogP contribution < -0.4 is 17.0 Å². The third-order valence-electron chi connectivity index (χ3n) is 0.408. The van der Waals surface area contributed by atoms with Crippen LogP contribution in [0.3, 0.4) is 0 Å². The number of hydrogen-bond donors (Lipinski definition) is 0. The van der Waals surface area contributed by atoms with Crippen molar-refractivity contribution in [3.63, 3.8) is 0 Å². The number of rotatable bonds is 2. The Bertz CT molecular complexity index is 19.2. The van der Waals surface area contributed by atoms with Crippen molar-refractivity contribution >= 4 is 0 Å². The molecule has 50 valence electrons. The van der Waals surface area contributed by atoms with Gasteiger partial charge in [0.05, 0.1) is 0 Å². The van der Waals surface area contributed by atoms with E-state index in [-0.39, 0.29) is 39.4 Å². The van der Waals surface area contributed by atoms with E-state index in [1.807, 2.05) is 13.8 Å². The normalized spacial score (nSPS) is 6.00. The second kappa shape index (κ2) is 15.7. The maximum atomic E-state index is 4.83. The summed E-state index contributed by atoms with van der Waals surface area (Å²) in [5.74, 6) is 0. The zero-order chi connectivity index (χ0) is 4.12. The summed E-state index contributed by atoms with van der Waals surface area (Å²) in [5.41, 5.74) is 0. The molecule has 0 heterocycles. The van der Waals surface area contributed by atoms with Crippen molar-refractivity contribution in [3.05, 3.63) is 0 Å². The van der Waals surface area contributed by atoms with Crippen LogP contribution in [-0.2, 0) is 27.1 Å². The number of hydrogen-bond acceptors (Lipinski definition) is 1. The summed E-state index contributed by atoms with van der Waals surface area (Å²) in [6, 6.07) is 0. The summed E-state index contributed by atoms with van der Waals surface area (Å²) >= 11 is 0. The van der Waals surface area contributed by atoms with E-state index < -0.39 is 0 Å². The molecule has 0 bridgehead atoms. The van der Waals surface area contributed by atoms with Crippen molar-refractivity contribution in [1.82, 2.24) is 0 Å². The van der Waals surface area contributed by atoms with E-state index in [2.05, 4.69) is 0 Å². The van der Waals surface area contributed by atoms with Crippen LogP contribution in [0.25, 0.3) is 0 Å². The first kappa shape index (κ1) is 15.7. The molecule has 0 aliphatic rings. The van der Waals surface area contributed by atoms with Crippen molar-refractivity contribution in [2.24, 2.45) is 0 Å². The van der Waals surface area contributed by atoms with Gasteiger partial charge in [-0.2, -0.15) is 0 Å².